The first-order chi connectivity index (χ1) is 14.1. The number of hydrogen-bond donors (Lipinski definition) is 2. The van der Waals surface area contributed by atoms with Crippen LogP contribution in [0.1, 0.15) is 24.0 Å². The van der Waals surface area contributed by atoms with Crippen LogP contribution in [0.5, 0.6) is 0 Å². The van der Waals surface area contributed by atoms with Gasteiger partial charge in [0.1, 0.15) is 0 Å². The van der Waals surface area contributed by atoms with Crippen LogP contribution in [0, 0.1) is 5.41 Å². The Hall–Kier alpha value is -2.18. The van der Waals surface area contributed by atoms with Crippen LogP contribution >= 0.6 is 31.9 Å². The van der Waals surface area contributed by atoms with Gasteiger partial charge in [0, 0.05) is 20.9 Å². The molecule has 0 atom stereocenters. The second kappa shape index (κ2) is 9.09. The van der Waals surface area contributed by atoms with Crippen molar-refractivity contribution in [2.45, 2.75) is 12.8 Å². The Morgan fingerprint density at radius 1 is 0.931 bits per heavy atom. The number of nitrogens with one attached hydrogen (secondary N) is 2. The predicted molar refractivity (Wildman–Crippen MR) is 129 cm³/mol. The molecule has 0 bridgehead atoms. The maximum absolute atomic E-state index is 4.60. The van der Waals surface area contributed by atoms with Crippen molar-refractivity contribution in [3.05, 3.63) is 80.8 Å². The molecule has 1 heterocycles. The fourth-order valence-electron chi connectivity index (χ4n) is 2.97. The molecule has 2 N–H and O–H groups in total. The topological polar surface area (TPSA) is 48.8 Å². The zero-order chi connectivity index (χ0) is 20.1. The molecule has 0 aromatic heterocycles. The van der Waals surface area contributed by atoms with E-state index < -0.39 is 0 Å². The highest BCUT2D eigenvalue weighted by molar-refractivity contribution is 9.10. The molecule has 1 aliphatic carbocycles. The standard InChI is InChI=1S/C23H22Br2N4/c24-19-7-1-17(2-8-19)5-11-21(12-6-18-3-9-20(25)10-4-18)28-29-22-26-15-23(13-14-23)16-27-22/h1-12H,13-16H2,(H2,26,27,29). The number of halogens is 2. The van der Waals surface area contributed by atoms with Gasteiger partial charge in [0.2, 0.25) is 5.96 Å². The third-order valence-electron chi connectivity index (χ3n) is 5.08. The van der Waals surface area contributed by atoms with Crippen molar-refractivity contribution in [2.75, 3.05) is 13.1 Å². The Bertz CT molecular complexity index is 911. The summed E-state index contributed by atoms with van der Waals surface area (Å²) in [5, 5.41) is 7.92. The Balaban J connectivity index is 1.49. The number of nitrogens with zero attached hydrogens (tertiary/aromatic N) is 2. The molecule has 148 valence electrons. The Morgan fingerprint density at radius 3 is 1.93 bits per heavy atom. The molecule has 29 heavy (non-hydrogen) atoms. The summed E-state index contributed by atoms with van der Waals surface area (Å²) >= 11 is 6.94. The lowest BCUT2D eigenvalue weighted by molar-refractivity contribution is 0.483. The number of aliphatic imine (C=N–C) groups is 1. The van der Waals surface area contributed by atoms with Crippen LogP contribution in [0.15, 0.2) is 79.7 Å². The summed E-state index contributed by atoms with van der Waals surface area (Å²) in [5.41, 5.74) is 6.54. The number of benzene rings is 2. The van der Waals surface area contributed by atoms with E-state index in [4.69, 9.17) is 0 Å². The quantitative estimate of drug-likeness (QED) is 0.402. The SMILES string of the molecule is Brc1ccc(C=CC(C=Cc2ccc(Br)cc2)=NNC2=NCC3(CC3)CN2)cc1. The van der Waals surface area contributed by atoms with Crippen molar-refractivity contribution in [3.63, 3.8) is 0 Å². The average molecular weight is 514 g/mol. The molecule has 4 rings (SSSR count). The maximum Gasteiger partial charge on any atom is 0.212 e. The second-order valence-electron chi connectivity index (χ2n) is 7.44. The van der Waals surface area contributed by atoms with Gasteiger partial charge in [-0.15, -0.1) is 0 Å². The molecule has 2 aliphatic rings. The molecule has 2 aromatic rings. The lowest BCUT2D eigenvalue weighted by Gasteiger charge is -2.21. The van der Waals surface area contributed by atoms with E-state index in [-0.39, 0.29) is 0 Å². The summed E-state index contributed by atoms with van der Waals surface area (Å²) in [6.45, 7) is 1.86. The number of hydrazone groups is 1. The van der Waals surface area contributed by atoms with Gasteiger partial charge in [-0.25, -0.2) is 5.43 Å². The number of allylic oxidation sites excluding steroid dienone is 2. The summed E-state index contributed by atoms with van der Waals surface area (Å²) in [4.78, 5) is 4.60. The van der Waals surface area contributed by atoms with Crippen molar-refractivity contribution >= 4 is 55.7 Å². The molecule has 0 saturated heterocycles. The Morgan fingerprint density at radius 2 is 1.48 bits per heavy atom. The molecule has 1 fully saturated rings. The minimum absolute atomic E-state index is 0.417. The lowest BCUT2D eigenvalue weighted by atomic mass is 10.1. The van der Waals surface area contributed by atoms with Crippen LogP contribution in [0.25, 0.3) is 12.2 Å². The van der Waals surface area contributed by atoms with E-state index in [2.05, 4.69) is 77.0 Å². The van der Waals surface area contributed by atoms with E-state index in [1.807, 2.05) is 48.6 Å². The minimum atomic E-state index is 0.417. The first kappa shape index (κ1) is 20.1. The average Bonchev–Trinajstić information content (AvgIpc) is 3.50. The highest BCUT2D eigenvalue weighted by atomic mass is 79.9. The molecule has 1 aliphatic heterocycles. The van der Waals surface area contributed by atoms with Gasteiger partial charge in [-0.2, -0.15) is 5.10 Å². The van der Waals surface area contributed by atoms with Crippen LogP contribution in [-0.4, -0.2) is 24.8 Å². The van der Waals surface area contributed by atoms with Crippen molar-refractivity contribution in [1.29, 1.82) is 0 Å². The molecule has 0 amide bonds. The third-order valence-corrected chi connectivity index (χ3v) is 6.14. The highest BCUT2D eigenvalue weighted by Gasteiger charge is 2.44. The summed E-state index contributed by atoms with van der Waals surface area (Å²) in [7, 11) is 0. The molecule has 0 unspecified atom stereocenters. The summed E-state index contributed by atoms with van der Waals surface area (Å²) in [5.74, 6) is 0.745. The fraction of sp³-hybridized carbons (Fsp3) is 0.217. The highest BCUT2D eigenvalue weighted by Crippen LogP contribution is 2.46. The second-order valence-corrected chi connectivity index (χ2v) is 9.27. The molecular weight excluding hydrogens is 492 g/mol. The van der Waals surface area contributed by atoms with Gasteiger partial charge < -0.3 is 5.32 Å². The van der Waals surface area contributed by atoms with Crippen LogP contribution in [0.2, 0.25) is 0 Å². The molecule has 1 saturated carbocycles. The van der Waals surface area contributed by atoms with Crippen molar-refractivity contribution in [2.24, 2.45) is 15.5 Å². The van der Waals surface area contributed by atoms with E-state index in [1.165, 1.54) is 12.8 Å². The van der Waals surface area contributed by atoms with E-state index >= 15 is 0 Å². The third kappa shape index (κ3) is 5.90. The first-order valence-corrected chi connectivity index (χ1v) is 11.2. The van der Waals surface area contributed by atoms with E-state index in [9.17, 15) is 0 Å². The first-order valence-electron chi connectivity index (χ1n) is 9.60. The zero-order valence-corrected chi connectivity index (χ0v) is 19.1. The number of guanidine groups is 1. The van der Waals surface area contributed by atoms with Gasteiger partial charge in [-0.3, -0.25) is 4.99 Å². The lowest BCUT2D eigenvalue weighted by Crippen LogP contribution is -2.43. The molecule has 2 aromatic carbocycles. The van der Waals surface area contributed by atoms with Crippen LogP contribution in [-0.2, 0) is 0 Å². The molecule has 0 radical (unpaired) electrons. The van der Waals surface area contributed by atoms with Gasteiger partial charge in [0.25, 0.3) is 0 Å². The number of hydrogen-bond acceptors (Lipinski definition) is 4. The fourth-order valence-corrected chi connectivity index (χ4v) is 3.50. The predicted octanol–water partition coefficient (Wildman–Crippen LogP) is 5.62. The zero-order valence-electron chi connectivity index (χ0n) is 15.9. The summed E-state index contributed by atoms with van der Waals surface area (Å²) < 4.78 is 2.13. The molecule has 6 heteroatoms. The van der Waals surface area contributed by atoms with Gasteiger partial charge in [0.05, 0.1) is 12.3 Å². The molecule has 4 nitrogen and oxygen atoms in total. The molecular formula is C23H22Br2N4. The van der Waals surface area contributed by atoms with Crippen molar-refractivity contribution in [3.8, 4) is 0 Å². The van der Waals surface area contributed by atoms with Gasteiger partial charge >= 0.3 is 0 Å². The maximum atomic E-state index is 4.60. The van der Waals surface area contributed by atoms with Crippen LogP contribution in [0.4, 0.5) is 0 Å². The normalized spacial score (nSPS) is 17.2. The van der Waals surface area contributed by atoms with Crippen LogP contribution < -0.4 is 10.7 Å². The minimum Gasteiger partial charge on any atom is -0.354 e. The monoisotopic (exact) mass is 512 g/mol. The Kier molecular flexibility index (Phi) is 6.31. The Labute approximate surface area is 188 Å². The summed E-state index contributed by atoms with van der Waals surface area (Å²) in [6, 6.07) is 16.4. The van der Waals surface area contributed by atoms with E-state index in [0.717, 1.165) is 44.8 Å². The van der Waals surface area contributed by atoms with Gasteiger partial charge in [-0.05, 0) is 60.4 Å². The summed E-state index contributed by atoms with van der Waals surface area (Å²) in [6.07, 6.45) is 10.6. The van der Waals surface area contributed by atoms with Gasteiger partial charge in [-0.1, -0.05) is 68.3 Å². The molecule has 1 spiro atoms. The van der Waals surface area contributed by atoms with Crippen molar-refractivity contribution < 1.29 is 0 Å². The van der Waals surface area contributed by atoms with Gasteiger partial charge in [0.15, 0.2) is 0 Å². The van der Waals surface area contributed by atoms with E-state index in [0.29, 0.717) is 5.41 Å². The number of rotatable bonds is 5. The van der Waals surface area contributed by atoms with Crippen LogP contribution in [0.3, 0.4) is 0 Å². The largest absolute Gasteiger partial charge is 0.354 e. The van der Waals surface area contributed by atoms with E-state index in [1.54, 1.807) is 0 Å². The van der Waals surface area contributed by atoms with Crippen molar-refractivity contribution in [1.82, 2.24) is 10.7 Å². The smallest absolute Gasteiger partial charge is 0.212 e.